The van der Waals surface area contributed by atoms with Crippen LogP contribution in [0.15, 0.2) is 24.4 Å². The fraction of sp³-hybridized carbons (Fsp3) is 0.600. The van der Waals surface area contributed by atoms with Crippen molar-refractivity contribution in [1.29, 1.82) is 0 Å². The molecular weight excluding hydrogens is 458 g/mol. The maximum absolute atomic E-state index is 13.7. The van der Waals surface area contributed by atoms with Crippen LogP contribution in [0.25, 0.3) is 11.3 Å². The van der Waals surface area contributed by atoms with Crippen molar-refractivity contribution in [2.45, 2.75) is 85.0 Å². The van der Waals surface area contributed by atoms with E-state index in [2.05, 4.69) is 10.1 Å². The van der Waals surface area contributed by atoms with E-state index in [1.54, 1.807) is 77.5 Å². The van der Waals surface area contributed by atoms with Crippen molar-refractivity contribution >= 4 is 12.2 Å². The molecule has 1 aliphatic carbocycles. The van der Waals surface area contributed by atoms with Crippen molar-refractivity contribution in [2.75, 3.05) is 6.54 Å². The summed E-state index contributed by atoms with van der Waals surface area (Å²) in [6, 6.07) is 5.12. The number of amides is 2. The van der Waals surface area contributed by atoms with E-state index >= 15 is 0 Å². The van der Waals surface area contributed by atoms with Crippen LogP contribution in [0.2, 0.25) is 0 Å². The van der Waals surface area contributed by atoms with Crippen molar-refractivity contribution in [1.82, 2.24) is 19.7 Å². The van der Waals surface area contributed by atoms with Gasteiger partial charge in [0, 0.05) is 24.0 Å². The van der Waals surface area contributed by atoms with E-state index in [1.807, 2.05) is 0 Å². The molecule has 2 aromatic heterocycles. The van der Waals surface area contributed by atoms with Gasteiger partial charge in [-0.15, -0.1) is 0 Å². The molecule has 0 N–H and O–H groups in total. The lowest BCUT2D eigenvalue weighted by atomic mass is 9.80. The Morgan fingerprint density at radius 2 is 1.66 bits per heavy atom. The predicted molar refractivity (Wildman–Crippen MR) is 126 cm³/mol. The molecule has 0 bridgehead atoms. The Hall–Kier alpha value is -3.04. The van der Waals surface area contributed by atoms with Crippen LogP contribution in [0.5, 0.6) is 0 Å². The molecule has 192 valence electrons. The highest BCUT2D eigenvalue weighted by Gasteiger charge is 2.39. The van der Waals surface area contributed by atoms with Crippen LogP contribution >= 0.6 is 0 Å². The molecule has 35 heavy (non-hydrogen) atoms. The molecule has 10 heteroatoms. The zero-order valence-electron chi connectivity index (χ0n) is 21.3. The second-order valence-corrected chi connectivity index (χ2v) is 10.9. The third kappa shape index (κ3) is 6.99. The molecule has 0 atom stereocenters. The van der Waals surface area contributed by atoms with Crippen LogP contribution in [0.1, 0.15) is 78.2 Å². The zero-order chi connectivity index (χ0) is 26.1. The number of halogens is 2. The summed E-state index contributed by atoms with van der Waals surface area (Å²) >= 11 is 0. The van der Waals surface area contributed by atoms with Gasteiger partial charge in [0.05, 0.1) is 11.7 Å². The second kappa shape index (κ2) is 9.91. The van der Waals surface area contributed by atoms with Gasteiger partial charge < -0.3 is 9.47 Å². The molecule has 0 unspecified atom stereocenters. The Labute approximate surface area is 204 Å². The molecule has 3 rings (SSSR count). The van der Waals surface area contributed by atoms with Gasteiger partial charge in [0.1, 0.15) is 16.9 Å². The molecule has 0 saturated heterocycles. The maximum Gasteiger partial charge on any atom is 0.419 e. The first kappa shape index (κ1) is 26.6. The minimum absolute atomic E-state index is 0.0419. The van der Waals surface area contributed by atoms with Gasteiger partial charge in [0.15, 0.2) is 0 Å². The van der Waals surface area contributed by atoms with Crippen LogP contribution in [-0.4, -0.2) is 49.6 Å². The van der Waals surface area contributed by atoms with E-state index in [-0.39, 0.29) is 24.2 Å². The highest BCUT2D eigenvalue weighted by atomic mass is 19.3. The number of hydrogen-bond donors (Lipinski definition) is 0. The fourth-order valence-corrected chi connectivity index (χ4v) is 3.83. The molecular formula is C25H34F2N4O4. The smallest absolute Gasteiger partial charge is 0.419 e. The summed E-state index contributed by atoms with van der Waals surface area (Å²) < 4.78 is 39.7. The molecule has 1 fully saturated rings. The molecule has 2 heterocycles. The quantitative estimate of drug-likeness (QED) is 0.486. The molecule has 0 aliphatic heterocycles. The number of pyridine rings is 1. The van der Waals surface area contributed by atoms with Gasteiger partial charge >= 0.3 is 12.2 Å². The normalized spacial score (nSPS) is 18.2. The van der Waals surface area contributed by atoms with Gasteiger partial charge in [0.25, 0.3) is 6.43 Å². The Kier molecular flexibility index (Phi) is 7.52. The van der Waals surface area contributed by atoms with E-state index in [4.69, 9.17) is 9.47 Å². The third-order valence-corrected chi connectivity index (χ3v) is 5.38. The van der Waals surface area contributed by atoms with Gasteiger partial charge in [-0.25, -0.2) is 23.3 Å². The van der Waals surface area contributed by atoms with Crippen LogP contribution in [0.3, 0.4) is 0 Å². The SMILES string of the molecule is Cc1cccc(-c2cn(C3CC(CN(C(=O)OC(C)(C)C)C(=O)OC(C)(C)C)C3)nc2C(F)F)n1. The molecule has 0 spiro atoms. The van der Waals surface area contributed by atoms with Crippen LogP contribution in [0, 0.1) is 12.8 Å². The van der Waals surface area contributed by atoms with E-state index in [0.717, 1.165) is 10.6 Å². The highest BCUT2D eigenvalue weighted by molar-refractivity contribution is 5.88. The molecule has 1 aliphatic rings. The number of rotatable bonds is 5. The average molecular weight is 493 g/mol. The molecule has 1 saturated carbocycles. The number of alkyl halides is 2. The van der Waals surface area contributed by atoms with E-state index < -0.39 is 29.8 Å². The van der Waals surface area contributed by atoms with Gasteiger partial charge in [-0.1, -0.05) is 6.07 Å². The largest absolute Gasteiger partial charge is 0.443 e. The van der Waals surface area contributed by atoms with Gasteiger partial charge in [-0.05, 0) is 79.4 Å². The average Bonchev–Trinajstić information content (AvgIpc) is 3.09. The first-order valence-electron chi connectivity index (χ1n) is 11.7. The van der Waals surface area contributed by atoms with Gasteiger partial charge in [-0.3, -0.25) is 9.67 Å². The summed E-state index contributed by atoms with van der Waals surface area (Å²) in [5, 5.41) is 4.15. The first-order valence-corrected chi connectivity index (χ1v) is 11.7. The molecule has 2 aromatic rings. The standard InChI is InChI=1S/C25H34F2N4O4/c1-15-9-8-10-19(28-15)18-14-31(29-20(18)21(26)27)17-11-16(12-17)13-30(22(32)34-24(2,3)4)23(33)35-25(5,6)7/h8-10,14,16-17,21H,11-13H2,1-7H3. The minimum Gasteiger partial charge on any atom is -0.443 e. The summed E-state index contributed by atoms with van der Waals surface area (Å²) in [5.41, 5.74) is -0.389. The number of ether oxygens (including phenoxy) is 2. The van der Waals surface area contributed by atoms with Crippen molar-refractivity contribution < 1.29 is 27.8 Å². The maximum atomic E-state index is 13.7. The van der Waals surface area contributed by atoms with Crippen molar-refractivity contribution in [3.05, 3.63) is 35.8 Å². The Balaban J connectivity index is 1.73. The van der Waals surface area contributed by atoms with E-state index in [9.17, 15) is 18.4 Å². The molecule has 0 aromatic carbocycles. The van der Waals surface area contributed by atoms with Crippen LogP contribution < -0.4 is 0 Å². The second-order valence-electron chi connectivity index (χ2n) is 10.9. The van der Waals surface area contributed by atoms with Crippen molar-refractivity contribution in [3.8, 4) is 11.3 Å². The fourth-order valence-electron chi connectivity index (χ4n) is 3.83. The number of carbonyl (C=O) groups is 2. The van der Waals surface area contributed by atoms with Crippen molar-refractivity contribution in [2.24, 2.45) is 5.92 Å². The summed E-state index contributed by atoms with van der Waals surface area (Å²) in [5.74, 6) is -0.0419. The lowest BCUT2D eigenvalue weighted by Gasteiger charge is -2.38. The summed E-state index contributed by atoms with van der Waals surface area (Å²) in [6.45, 7) is 12.2. The Bertz CT molecular complexity index is 1040. The number of carbonyl (C=O) groups excluding carboxylic acids is 2. The number of imide groups is 1. The topological polar surface area (TPSA) is 86.5 Å². The van der Waals surface area contributed by atoms with Crippen molar-refractivity contribution in [3.63, 3.8) is 0 Å². The van der Waals surface area contributed by atoms with Gasteiger partial charge in [-0.2, -0.15) is 5.10 Å². The molecule has 2 amide bonds. The number of aryl methyl sites for hydroxylation is 1. The summed E-state index contributed by atoms with van der Waals surface area (Å²) in [6.07, 6.45) is -1.56. The third-order valence-electron chi connectivity index (χ3n) is 5.38. The molecule has 8 nitrogen and oxygen atoms in total. The highest BCUT2D eigenvalue weighted by Crippen LogP contribution is 2.40. The lowest BCUT2D eigenvalue weighted by Crippen LogP contribution is -2.47. The first-order chi connectivity index (χ1) is 16.1. The monoisotopic (exact) mass is 492 g/mol. The zero-order valence-corrected chi connectivity index (χ0v) is 21.3. The lowest BCUT2D eigenvalue weighted by molar-refractivity contribution is -0.00648. The Morgan fingerprint density at radius 1 is 1.09 bits per heavy atom. The summed E-state index contributed by atoms with van der Waals surface area (Å²) in [4.78, 5) is 30.8. The van der Waals surface area contributed by atoms with Crippen LogP contribution in [0.4, 0.5) is 18.4 Å². The number of nitrogens with zero attached hydrogens (tertiary/aromatic N) is 4. The molecule has 0 radical (unpaired) electrons. The predicted octanol–water partition coefficient (Wildman–Crippen LogP) is 6.31. The number of aromatic nitrogens is 3. The number of hydrogen-bond acceptors (Lipinski definition) is 6. The van der Waals surface area contributed by atoms with E-state index in [0.29, 0.717) is 24.1 Å². The van der Waals surface area contributed by atoms with E-state index in [1.165, 1.54) is 0 Å². The van der Waals surface area contributed by atoms with Gasteiger partial charge in [0.2, 0.25) is 0 Å². The van der Waals surface area contributed by atoms with Crippen LogP contribution in [-0.2, 0) is 9.47 Å². The Morgan fingerprint density at radius 3 is 2.14 bits per heavy atom. The summed E-state index contributed by atoms with van der Waals surface area (Å²) in [7, 11) is 0. The minimum atomic E-state index is -2.74.